The van der Waals surface area contributed by atoms with Crippen molar-refractivity contribution in [3.63, 3.8) is 0 Å². The molecule has 58 valence electrons. The zero-order valence-electron chi connectivity index (χ0n) is 7.01. The van der Waals surface area contributed by atoms with Crippen molar-refractivity contribution in [1.29, 1.82) is 0 Å². The van der Waals surface area contributed by atoms with Crippen LogP contribution in [0.1, 0.15) is 32.6 Å². The van der Waals surface area contributed by atoms with Gasteiger partial charge in [-0.1, -0.05) is 13.3 Å². The topological polar surface area (TPSA) is 3.24 Å². The second-order valence-electron chi connectivity index (χ2n) is 3.95. The van der Waals surface area contributed by atoms with Crippen LogP contribution in [-0.2, 0) is 0 Å². The number of fused-ring (bicyclic) bond motifs is 2. The Morgan fingerprint density at radius 2 is 1.80 bits per heavy atom. The van der Waals surface area contributed by atoms with Crippen molar-refractivity contribution in [2.75, 3.05) is 7.05 Å². The Labute approximate surface area is 63.4 Å². The van der Waals surface area contributed by atoms with Crippen LogP contribution in [0.2, 0.25) is 0 Å². The molecule has 2 unspecified atom stereocenters. The minimum absolute atomic E-state index is 0.962. The maximum Gasteiger partial charge on any atom is 0.0113 e. The normalized spacial score (nSPS) is 46.8. The third-order valence-electron chi connectivity index (χ3n) is 3.48. The van der Waals surface area contributed by atoms with Gasteiger partial charge in [0.1, 0.15) is 0 Å². The highest BCUT2D eigenvalue weighted by Crippen LogP contribution is 2.40. The summed E-state index contributed by atoms with van der Waals surface area (Å²) in [7, 11) is 2.28. The van der Waals surface area contributed by atoms with E-state index in [-0.39, 0.29) is 0 Å². The van der Waals surface area contributed by atoms with E-state index < -0.39 is 0 Å². The van der Waals surface area contributed by atoms with Crippen LogP contribution in [0, 0.1) is 5.92 Å². The van der Waals surface area contributed by atoms with Crippen LogP contribution < -0.4 is 0 Å². The summed E-state index contributed by atoms with van der Waals surface area (Å²) in [6.07, 6.45) is 5.85. The van der Waals surface area contributed by atoms with Gasteiger partial charge < -0.3 is 4.90 Å². The van der Waals surface area contributed by atoms with Gasteiger partial charge in [0.05, 0.1) is 0 Å². The third-order valence-corrected chi connectivity index (χ3v) is 3.48. The summed E-state index contributed by atoms with van der Waals surface area (Å²) < 4.78 is 0. The molecule has 1 saturated carbocycles. The van der Waals surface area contributed by atoms with Crippen LogP contribution in [0.25, 0.3) is 0 Å². The van der Waals surface area contributed by atoms with Gasteiger partial charge in [-0.3, -0.25) is 0 Å². The second-order valence-corrected chi connectivity index (χ2v) is 3.95. The van der Waals surface area contributed by atoms with Crippen molar-refractivity contribution < 1.29 is 0 Å². The molecule has 2 atom stereocenters. The lowest BCUT2D eigenvalue weighted by atomic mass is 9.73. The molecule has 1 nitrogen and oxygen atoms in total. The Hall–Kier alpha value is -0.0400. The number of hydrogen-bond acceptors (Lipinski definition) is 1. The van der Waals surface area contributed by atoms with Gasteiger partial charge in [-0.2, -0.15) is 0 Å². The van der Waals surface area contributed by atoms with E-state index in [0.717, 1.165) is 18.0 Å². The average molecular weight is 139 g/mol. The molecule has 0 N–H and O–H groups in total. The fourth-order valence-corrected chi connectivity index (χ4v) is 2.53. The zero-order valence-corrected chi connectivity index (χ0v) is 7.01. The van der Waals surface area contributed by atoms with Crippen molar-refractivity contribution >= 4 is 0 Å². The molecule has 2 aliphatic heterocycles. The Morgan fingerprint density at radius 1 is 1.20 bits per heavy atom. The minimum Gasteiger partial charge on any atom is -0.300 e. The highest BCUT2D eigenvalue weighted by Gasteiger charge is 2.41. The lowest BCUT2D eigenvalue weighted by molar-refractivity contribution is -0.0308. The number of rotatable bonds is 1. The predicted octanol–water partition coefficient (Wildman–Crippen LogP) is 1.88. The number of piperidine rings is 1. The summed E-state index contributed by atoms with van der Waals surface area (Å²) >= 11 is 0. The van der Waals surface area contributed by atoms with Crippen molar-refractivity contribution in [3.05, 3.63) is 0 Å². The van der Waals surface area contributed by atoms with E-state index in [1.54, 1.807) is 0 Å². The zero-order chi connectivity index (χ0) is 7.14. The fourth-order valence-electron chi connectivity index (χ4n) is 2.53. The third kappa shape index (κ3) is 0.800. The highest BCUT2D eigenvalue weighted by atomic mass is 15.2. The molecular formula is C9H17N. The molecule has 0 aromatic carbocycles. The summed E-state index contributed by atoms with van der Waals surface area (Å²) in [5, 5.41) is 0. The molecule has 3 fully saturated rings. The standard InChI is InChI=1S/C9H17N/c1-3-7-4-8-6-9(5-7)10(8)2/h7-9H,3-6H2,1-2H3. The molecule has 2 heterocycles. The minimum atomic E-state index is 0.962. The lowest BCUT2D eigenvalue weighted by Crippen LogP contribution is -2.58. The quantitative estimate of drug-likeness (QED) is 0.536. The maximum absolute atomic E-state index is 2.56. The SMILES string of the molecule is CCC1CC2CC(C1)N2C. The first kappa shape index (κ1) is 6.66. The lowest BCUT2D eigenvalue weighted by Gasteiger charge is -2.53. The molecule has 10 heavy (non-hydrogen) atoms. The van der Waals surface area contributed by atoms with Crippen molar-refractivity contribution in [3.8, 4) is 0 Å². The van der Waals surface area contributed by atoms with Crippen LogP contribution in [0.5, 0.6) is 0 Å². The van der Waals surface area contributed by atoms with E-state index in [2.05, 4.69) is 18.9 Å². The summed E-state index contributed by atoms with van der Waals surface area (Å²) in [6, 6.07) is 1.92. The van der Waals surface area contributed by atoms with E-state index in [4.69, 9.17) is 0 Å². The van der Waals surface area contributed by atoms with Crippen LogP contribution >= 0.6 is 0 Å². The average Bonchev–Trinajstić information content (AvgIpc) is 2.04. The molecule has 1 heteroatoms. The first-order chi connectivity index (χ1) is 4.81. The molecule has 0 aromatic heterocycles. The van der Waals surface area contributed by atoms with Crippen molar-refractivity contribution in [2.45, 2.75) is 44.7 Å². The summed E-state index contributed by atoms with van der Waals surface area (Å²) in [5.41, 5.74) is 0. The molecule has 3 rings (SSSR count). The largest absolute Gasteiger partial charge is 0.300 e. The Bertz CT molecular complexity index is 121. The molecule has 0 spiro atoms. The van der Waals surface area contributed by atoms with Gasteiger partial charge in [-0.25, -0.2) is 0 Å². The molecule has 2 saturated heterocycles. The monoisotopic (exact) mass is 139 g/mol. The molecule has 0 aromatic rings. The van der Waals surface area contributed by atoms with Gasteiger partial charge in [-0.05, 0) is 32.2 Å². The van der Waals surface area contributed by atoms with Crippen molar-refractivity contribution in [1.82, 2.24) is 4.90 Å². The van der Waals surface area contributed by atoms with Crippen LogP contribution in [-0.4, -0.2) is 24.0 Å². The fraction of sp³-hybridized carbons (Fsp3) is 1.00. The van der Waals surface area contributed by atoms with Gasteiger partial charge in [0.15, 0.2) is 0 Å². The predicted molar refractivity (Wildman–Crippen MR) is 43.0 cm³/mol. The molecule has 2 bridgehead atoms. The van der Waals surface area contributed by atoms with Gasteiger partial charge in [0.2, 0.25) is 0 Å². The van der Waals surface area contributed by atoms with Crippen LogP contribution in [0.3, 0.4) is 0 Å². The van der Waals surface area contributed by atoms with E-state index in [1.165, 1.54) is 25.7 Å². The smallest absolute Gasteiger partial charge is 0.0113 e. The molecule has 0 radical (unpaired) electrons. The number of hydrogen-bond donors (Lipinski definition) is 0. The van der Waals surface area contributed by atoms with Gasteiger partial charge in [0, 0.05) is 12.1 Å². The van der Waals surface area contributed by atoms with Gasteiger partial charge >= 0.3 is 0 Å². The molecule has 3 aliphatic rings. The van der Waals surface area contributed by atoms with Gasteiger partial charge in [-0.15, -0.1) is 0 Å². The Kier molecular flexibility index (Phi) is 1.48. The maximum atomic E-state index is 2.56. The summed E-state index contributed by atoms with van der Waals surface area (Å²) in [4.78, 5) is 2.56. The molecule has 1 aliphatic carbocycles. The van der Waals surface area contributed by atoms with E-state index in [9.17, 15) is 0 Å². The molecule has 0 amide bonds. The first-order valence-electron chi connectivity index (χ1n) is 4.53. The Balaban J connectivity index is 1.93. The first-order valence-corrected chi connectivity index (χ1v) is 4.53. The summed E-state index contributed by atoms with van der Waals surface area (Å²) in [6.45, 7) is 2.33. The van der Waals surface area contributed by atoms with Gasteiger partial charge in [0.25, 0.3) is 0 Å². The van der Waals surface area contributed by atoms with E-state index >= 15 is 0 Å². The van der Waals surface area contributed by atoms with Crippen LogP contribution in [0.4, 0.5) is 0 Å². The highest BCUT2D eigenvalue weighted by molar-refractivity contribution is 4.97. The second kappa shape index (κ2) is 2.23. The van der Waals surface area contributed by atoms with E-state index in [1.807, 2.05) is 0 Å². The molecular weight excluding hydrogens is 122 g/mol. The van der Waals surface area contributed by atoms with E-state index in [0.29, 0.717) is 0 Å². The Morgan fingerprint density at radius 3 is 2.20 bits per heavy atom. The summed E-state index contributed by atoms with van der Waals surface area (Å²) in [5.74, 6) is 1.06. The van der Waals surface area contributed by atoms with Crippen LogP contribution in [0.15, 0.2) is 0 Å². The number of nitrogens with zero attached hydrogens (tertiary/aromatic N) is 1. The van der Waals surface area contributed by atoms with Crippen molar-refractivity contribution in [2.24, 2.45) is 5.92 Å².